The third-order valence-electron chi connectivity index (χ3n) is 5.64. The lowest BCUT2D eigenvalue weighted by Gasteiger charge is -2.18. The Hall–Kier alpha value is -4.44. The van der Waals surface area contributed by atoms with E-state index in [1.807, 2.05) is 47.8 Å². The summed E-state index contributed by atoms with van der Waals surface area (Å²) < 4.78 is 29.0. The minimum absolute atomic E-state index is 0.0718. The molecule has 5 rings (SSSR count). The van der Waals surface area contributed by atoms with E-state index in [2.05, 4.69) is 0 Å². The maximum absolute atomic E-state index is 10.3. The first-order valence-electron chi connectivity index (χ1n) is 11.4. The highest BCUT2D eigenvalue weighted by Gasteiger charge is 2.16. The first-order chi connectivity index (χ1) is 18.1. The lowest BCUT2D eigenvalue weighted by Crippen LogP contribution is -2.15. The van der Waals surface area contributed by atoms with Crippen molar-refractivity contribution in [2.75, 3.05) is 34.5 Å². The molecule has 1 aliphatic heterocycles. The highest BCUT2D eigenvalue weighted by atomic mass is 32.1. The number of fused-ring (bicyclic) bond motifs is 1. The van der Waals surface area contributed by atoms with Gasteiger partial charge in [0.1, 0.15) is 19.0 Å². The fraction of sp³-hybridized carbons (Fsp3) is 0.185. The fourth-order valence-electron chi connectivity index (χ4n) is 3.77. The van der Waals surface area contributed by atoms with Gasteiger partial charge in [0.15, 0.2) is 23.0 Å². The molecule has 0 aliphatic carbocycles. The predicted octanol–water partition coefficient (Wildman–Crippen LogP) is 4.83. The molecule has 9 nitrogen and oxygen atoms in total. The Morgan fingerprint density at radius 2 is 1.59 bits per heavy atom. The van der Waals surface area contributed by atoms with Crippen LogP contribution in [0.4, 0.5) is 5.69 Å². The second kappa shape index (κ2) is 10.7. The molecule has 1 aliphatic rings. The predicted molar refractivity (Wildman–Crippen MR) is 141 cm³/mol. The molecule has 190 valence electrons. The van der Waals surface area contributed by atoms with Crippen LogP contribution in [-0.4, -0.2) is 50.5 Å². The van der Waals surface area contributed by atoms with Gasteiger partial charge in [-0.05, 0) is 54.6 Å². The molecule has 0 fully saturated rings. The molecule has 1 aromatic heterocycles. The zero-order chi connectivity index (χ0) is 25.8. The van der Waals surface area contributed by atoms with Crippen LogP contribution < -0.4 is 28.5 Å². The smallest absolute Gasteiger partial charge is 0.211 e. The Morgan fingerprint density at radius 3 is 2.27 bits per heavy atom. The van der Waals surface area contributed by atoms with Crippen LogP contribution in [0.25, 0.3) is 11.3 Å². The van der Waals surface area contributed by atoms with Crippen molar-refractivity contribution in [3.05, 3.63) is 70.3 Å². The van der Waals surface area contributed by atoms with Crippen molar-refractivity contribution in [2.24, 2.45) is 10.1 Å². The van der Waals surface area contributed by atoms with Crippen LogP contribution in [0.1, 0.15) is 5.56 Å². The van der Waals surface area contributed by atoms with E-state index >= 15 is 0 Å². The van der Waals surface area contributed by atoms with Gasteiger partial charge in [0.25, 0.3) is 0 Å². The first kappa shape index (κ1) is 24.3. The molecule has 1 N–H and O–H groups in total. The molecule has 37 heavy (non-hydrogen) atoms. The number of methoxy groups -OCH3 is 3. The maximum Gasteiger partial charge on any atom is 0.211 e. The molecular weight excluding hydrogens is 494 g/mol. The minimum atomic E-state index is -0.0718. The van der Waals surface area contributed by atoms with Crippen molar-refractivity contribution in [3.8, 4) is 45.8 Å². The highest BCUT2D eigenvalue weighted by molar-refractivity contribution is 7.07. The fourth-order valence-corrected chi connectivity index (χ4v) is 4.63. The van der Waals surface area contributed by atoms with Gasteiger partial charge in [0, 0.05) is 16.5 Å². The van der Waals surface area contributed by atoms with Gasteiger partial charge in [-0.25, -0.2) is 9.67 Å². The zero-order valence-corrected chi connectivity index (χ0v) is 21.3. The third-order valence-corrected chi connectivity index (χ3v) is 6.46. The zero-order valence-electron chi connectivity index (χ0n) is 20.5. The standard InChI is InChI=1S/C27H25N3O6S/c1-32-20-7-5-19(6-8-20)29-27-30(28-15-17-12-24(33-2)26(31)25(13-17)34-3)21(16-37-27)18-4-9-22-23(14-18)36-11-10-35-22/h4-9,12-16,31H,10-11H2,1-3H3/b28-15+,29-27?. The van der Waals surface area contributed by atoms with Crippen LogP contribution in [0, 0.1) is 0 Å². The van der Waals surface area contributed by atoms with Gasteiger partial charge in [-0.1, -0.05) is 0 Å². The van der Waals surface area contributed by atoms with E-state index in [-0.39, 0.29) is 17.2 Å². The monoisotopic (exact) mass is 519 g/mol. The number of aromatic hydroxyl groups is 1. The number of benzene rings is 3. The number of ether oxygens (including phenoxy) is 5. The molecule has 3 aromatic carbocycles. The van der Waals surface area contributed by atoms with Gasteiger partial charge in [0.05, 0.1) is 38.9 Å². The molecular formula is C27H25N3O6S. The van der Waals surface area contributed by atoms with E-state index in [0.29, 0.717) is 35.1 Å². The van der Waals surface area contributed by atoms with Crippen LogP contribution in [0.15, 0.2) is 70.1 Å². The topological polar surface area (TPSA) is 96.0 Å². The average Bonchev–Trinajstić information content (AvgIpc) is 3.34. The number of aromatic nitrogens is 1. The molecule has 0 bridgehead atoms. The molecule has 0 unspecified atom stereocenters. The van der Waals surface area contributed by atoms with Crippen molar-refractivity contribution in [2.45, 2.75) is 0 Å². The number of phenols is 1. The van der Waals surface area contributed by atoms with Crippen LogP contribution in [0.3, 0.4) is 0 Å². The van der Waals surface area contributed by atoms with Crippen molar-refractivity contribution in [3.63, 3.8) is 0 Å². The summed E-state index contributed by atoms with van der Waals surface area (Å²) in [6.07, 6.45) is 1.66. The molecule has 2 heterocycles. The molecule has 0 saturated carbocycles. The van der Waals surface area contributed by atoms with E-state index in [1.165, 1.54) is 25.6 Å². The summed E-state index contributed by atoms with van der Waals surface area (Å²) in [5.41, 5.74) is 3.15. The summed E-state index contributed by atoms with van der Waals surface area (Å²) >= 11 is 1.46. The summed E-state index contributed by atoms with van der Waals surface area (Å²) in [5.74, 6) is 2.65. The van der Waals surface area contributed by atoms with Crippen molar-refractivity contribution < 1.29 is 28.8 Å². The second-order valence-corrected chi connectivity index (χ2v) is 8.74. The number of phenolic OH excluding ortho intramolecular Hbond substituents is 1. The Kier molecular flexibility index (Phi) is 7.00. The molecule has 0 atom stereocenters. The summed E-state index contributed by atoms with van der Waals surface area (Å²) in [4.78, 5) is 5.47. The molecule has 0 saturated heterocycles. The quantitative estimate of drug-likeness (QED) is 0.351. The average molecular weight is 520 g/mol. The van der Waals surface area contributed by atoms with Crippen LogP contribution in [0.2, 0.25) is 0 Å². The normalized spacial score (nSPS) is 13.1. The van der Waals surface area contributed by atoms with Crippen LogP contribution in [-0.2, 0) is 0 Å². The van der Waals surface area contributed by atoms with Gasteiger partial charge < -0.3 is 28.8 Å². The summed E-state index contributed by atoms with van der Waals surface area (Å²) in [7, 11) is 4.59. The van der Waals surface area contributed by atoms with Gasteiger partial charge >= 0.3 is 0 Å². The lowest BCUT2D eigenvalue weighted by molar-refractivity contribution is 0.171. The van der Waals surface area contributed by atoms with E-state index in [0.717, 1.165) is 22.7 Å². The van der Waals surface area contributed by atoms with Crippen molar-refractivity contribution in [1.29, 1.82) is 0 Å². The van der Waals surface area contributed by atoms with Gasteiger partial charge in [-0.2, -0.15) is 5.10 Å². The van der Waals surface area contributed by atoms with E-state index in [9.17, 15) is 5.11 Å². The Balaban J connectivity index is 1.62. The largest absolute Gasteiger partial charge is 0.502 e. The van der Waals surface area contributed by atoms with E-state index in [4.69, 9.17) is 33.8 Å². The van der Waals surface area contributed by atoms with Gasteiger partial charge in [0.2, 0.25) is 10.6 Å². The number of hydrogen-bond acceptors (Lipinski definition) is 9. The van der Waals surface area contributed by atoms with Crippen molar-refractivity contribution >= 4 is 23.2 Å². The lowest BCUT2D eigenvalue weighted by atomic mass is 10.1. The molecule has 0 radical (unpaired) electrons. The van der Waals surface area contributed by atoms with Crippen LogP contribution in [0.5, 0.6) is 34.5 Å². The summed E-state index contributed by atoms with van der Waals surface area (Å²) in [5, 5.41) is 17.0. The Bertz CT molecular complexity index is 1480. The second-order valence-electron chi connectivity index (χ2n) is 7.90. The van der Waals surface area contributed by atoms with Crippen molar-refractivity contribution in [1.82, 2.24) is 4.68 Å². The Morgan fingerprint density at radius 1 is 0.892 bits per heavy atom. The molecule has 4 aromatic rings. The van der Waals surface area contributed by atoms with E-state index in [1.54, 1.807) is 30.1 Å². The van der Waals surface area contributed by atoms with E-state index < -0.39 is 0 Å². The maximum atomic E-state index is 10.3. The number of thiazole rings is 1. The highest BCUT2D eigenvalue weighted by Crippen LogP contribution is 2.37. The van der Waals surface area contributed by atoms with Crippen LogP contribution >= 0.6 is 11.3 Å². The number of nitrogens with zero attached hydrogens (tertiary/aromatic N) is 3. The van der Waals surface area contributed by atoms with Gasteiger partial charge in [-0.3, -0.25) is 0 Å². The summed E-state index contributed by atoms with van der Waals surface area (Å²) in [6, 6.07) is 16.6. The van der Waals surface area contributed by atoms with Gasteiger partial charge in [-0.15, -0.1) is 11.3 Å². The minimum Gasteiger partial charge on any atom is -0.502 e. The molecule has 0 amide bonds. The molecule has 10 heteroatoms. The Labute approximate surface area is 217 Å². The molecule has 0 spiro atoms. The number of hydrogen-bond donors (Lipinski definition) is 1. The third kappa shape index (κ3) is 5.10. The first-order valence-corrected chi connectivity index (χ1v) is 12.3. The summed E-state index contributed by atoms with van der Waals surface area (Å²) in [6.45, 7) is 1.03. The SMILES string of the molecule is COc1ccc(N=c2scc(-c3ccc4c(c3)OCCO4)n2/N=C/c2cc(OC)c(O)c(OC)c2)cc1. The number of rotatable bonds is 7.